The van der Waals surface area contributed by atoms with Crippen LogP contribution in [0.1, 0.15) is 52.5 Å². The Hall–Kier alpha value is -3.67. The van der Waals surface area contributed by atoms with Crippen LogP contribution in [0.25, 0.3) is 0 Å². The van der Waals surface area contributed by atoms with E-state index < -0.39 is 0 Å². The van der Waals surface area contributed by atoms with Gasteiger partial charge in [-0.15, -0.1) is 0 Å². The third-order valence-corrected chi connectivity index (χ3v) is 6.25. The van der Waals surface area contributed by atoms with Crippen LogP contribution < -0.4 is 0 Å². The lowest BCUT2D eigenvalue weighted by molar-refractivity contribution is 0.181. The van der Waals surface area contributed by atoms with Gasteiger partial charge in [0.25, 0.3) is 0 Å². The molecule has 32 heavy (non-hydrogen) atoms. The Morgan fingerprint density at radius 3 is 2.47 bits per heavy atom. The minimum absolute atomic E-state index is 0.239. The molecule has 1 N–H and O–H groups in total. The number of aromatic hydroxyl groups is 1. The van der Waals surface area contributed by atoms with Crippen molar-refractivity contribution in [1.29, 1.82) is 10.5 Å². The Morgan fingerprint density at radius 2 is 1.72 bits per heavy atom. The van der Waals surface area contributed by atoms with E-state index in [1.54, 1.807) is 6.07 Å². The molecule has 2 aromatic carbocycles. The smallest absolute Gasteiger partial charge is 0.140 e. The maximum absolute atomic E-state index is 10.2. The molecular formula is C27H26N4O. The molecule has 1 atom stereocenters. The maximum Gasteiger partial charge on any atom is 0.140 e. The first-order valence-corrected chi connectivity index (χ1v) is 11.1. The summed E-state index contributed by atoms with van der Waals surface area (Å²) in [5.74, 6) is 0.337. The monoisotopic (exact) mass is 422 g/mol. The fraction of sp³-hybridized carbons (Fsp3) is 0.296. The second-order valence-electron chi connectivity index (χ2n) is 8.23. The number of rotatable bonds is 7. The quantitative estimate of drug-likeness (QED) is 0.597. The van der Waals surface area contributed by atoms with E-state index >= 15 is 0 Å². The third-order valence-electron chi connectivity index (χ3n) is 6.25. The van der Waals surface area contributed by atoms with Crippen molar-refractivity contribution in [2.45, 2.75) is 38.1 Å². The first kappa shape index (κ1) is 21.6. The number of aryl methyl sites for hydroxylation is 1. The Bertz CT molecular complexity index is 1160. The minimum Gasteiger partial charge on any atom is -0.508 e. The van der Waals surface area contributed by atoms with E-state index in [0.29, 0.717) is 17.0 Å². The van der Waals surface area contributed by atoms with E-state index in [0.717, 1.165) is 56.5 Å². The molecule has 1 aromatic heterocycles. The number of hydrogen-bond acceptors (Lipinski definition) is 5. The molecular weight excluding hydrogens is 396 g/mol. The van der Waals surface area contributed by atoms with E-state index in [2.05, 4.69) is 28.1 Å². The fourth-order valence-electron chi connectivity index (χ4n) is 4.50. The molecule has 1 aliphatic rings. The van der Waals surface area contributed by atoms with Gasteiger partial charge in [-0.1, -0.05) is 36.4 Å². The van der Waals surface area contributed by atoms with Gasteiger partial charge in [-0.25, -0.2) is 4.98 Å². The standard InChI is InChI=1S/C27H26N4O/c28-18-21-10-8-20(9-11-21)14-16-31(17-15-22-4-1-2-7-27(22)32)26-6-3-5-25-24(26)13-12-23(19-29)30-25/h1-2,4,7-13,26,32H,3,5-6,14-17H2/t26-/m0/s1. The summed E-state index contributed by atoms with van der Waals surface area (Å²) in [6.45, 7) is 1.68. The number of phenols is 1. The molecule has 0 bridgehead atoms. The molecule has 1 heterocycles. The van der Waals surface area contributed by atoms with Crippen LogP contribution >= 0.6 is 0 Å². The lowest BCUT2D eigenvalue weighted by Crippen LogP contribution is -2.35. The summed E-state index contributed by atoms with van der Waals surface area (Å²) < 4.78 is 0. The van der Waals surface area contributed by atoms with Crippen LogP contribution in [0.4, 0.5) is 0 Å². The summed E-state index contributed by atoms with van der Waals surface area (Å²) in [4.78, 5) is 7.06. The number of phenolic OH excluding ortho intramolecular Hbond substituents is 1. The van der Waals surface area contributed by atoms with Crippen LogP contribution in [-0.4, -0.2) is 28.1 Å². The average molecular weight is 423 g/mol. The number of pyridine rings is 1. The van der Waals surface area contributed by atoms with Gasteiger partial charge < -0.3 is 5.11 Å². The SMILES string of the molecule is N#Cc1ccc(CCN(CCc2ccccc2O)[C@H]2CCCc3nc(C#N)ccc32)cc1. The Kier molecular flexibility index (Phi) is 6.80. The molecule has 0 spiro atoms. The first-order chi connectivity index (χ1) is 15.7. The molecule has 0 saturated carbocycles. The summed E-state index contributed by atoms with van der Waals surface area (Å²) in [6.07, 6.45) is 4.64. The fourth-order valence-corrected chi connectivity index (χ4v) is 4.50. The summed E-state index contributed by atoms with van der Waals surface area (Å²) >= 11 is 0. The van der Waals surface area contributed by atoms with Crippen molar-refractivity contribution in [2.24, 2.45) is 0 Å². The number of benzene rings is 2. The number of nitrogens with zero attached hydrogens (tertiary/aromatic N) is 4. The lowest BCUT2D eigenvalue weighted by Gasteiger charge is -2.36. The molecule has 0 unspecified atom stereocenters. The van der Waals surface area contributed by atoms with Crippen LogP contribution in [0, 0.1) is 22.7 Å². The molecule has 5 nitrogen and oxygen atoms in total. The topological polar surface area (TPSA) is 83.9 Å². The lowest BCUT2D eigenvalue weighted by atomic mass is 9.89. The average Bonchev–Trinajstić information content (AvgIpc) is 2.84. The van der Waals surface area contributed by atoms with Crippen molar-refractivity contribution in [1.82, 2.24) is 9.88 Å². The van der Waals surface area contributed by atoms with Gasteiger partial charge >= 0.3 is 0 Å². The van der Waals surface area contributed by atoms with Crippen molar-refractivity contribution < 1.29 is 5.11 Å². The number of hydrogen-bond donors (Lipinski definition) is 1. The summed E-state index contributed by atoms with van der Waals surface area (Å²) in [7, 11) is 0. The molecule has 3 aromatic rings. The van der Waals surface area contributed by atoms with E-state index in [4.69, 9.17) is 5.26 Å². The number of para-hydroxylation sites is 1. The molecule has 1 aliphatic carbocycles. The van der Waals surface area contributed by atoms with Crippen molar-refractivity contribution in [3.63, 3.8) is 0 Å². The zero-order valence-corrected chi connectivity index (χ0v) is 18.0. The van der Waals surface area contributed by atoms with Crippen LogP contribution in [0.15, 0.2) is 60.7 Å². The largest absolute Gasteiger partial charge is 0.508 e. The summed E-state index contributed by atoms with van der Waals surface area (Å²) in [5, 5.41) is 28.5. The Morgan fingerprint density at radius 1 is 0.938 bits per heavy atom. The number of nitriles is 2. The van der Waals surface area contributed by atoms with Gasteiger partial charge in [0.1, 0.15) is 17.5 Å². The summed E-state index contributed by atoms with van der Waals surface area (Å²) in [5.41, 5.74) is 5.54. The van der Waals surface area contributed by atoms with Gasteiger partial charge in [-0.2, -0.15) is 10.5 Å². The van der Waals surface area contributed by atoms with E-state index in [-0.39, 0.29) is 6.04 Å². The Labute approximate surface area is 189 Å². The first-order valence-electron chi connectivity index (χ1n) is 11.1. The highest BCUT2D eigenvalue weighted by Crippen LogP contribution is 2.34. The summed E-state index contributed by atoms with van der Waals surface area (Å²) in [6, 6.07) is 23.7. The van der Waals surface area contributed by atoms with Crippen LogP contribution in [0.5, 0.6) is 5.75 Å². The molecule has 0 fully saturated rings. The highest BCUT2D eigenvalue weighted by Gasteiger charge is 2.27. The molecule has 5 heteroatoms. The van der Waals surface area contributed by atoms with Gasteiger partial charge in [-0.3, -0.25) is 4.90 Å². The van der Waals surface area contributed by atoms with Crippen molar-refractivity contribution >= 4 is 0 Å². The van der Waals surface area contributed by atoms with Crippen LogP contribution in [0.2, 0.25) is 0 Å². The third kappa shape index (κ3) is 4.97. The molecule has 0 radical (unpaired) electrons. The van der Waals surface area contributed by atoms with E-state index in [1.807, 2.05) is 48.5 Å². The number of fused-ring (bicyclic) bond motifs is 1. The van der Waals surface area contributed by atoms with Crippen LogP contribution in [0.3, 0.4) is 0 Å². The van der Waals surface area contributed by atoms with E-state index in [1.165, 1.54) is 11.1 Å². The van der Waals surface area contributed by atoms with Crippen molar-refractivity contribution in [3.05, 3.63) is 94.3 Å². The molecule has 0 aliphatic heterocycles. The zero-order valence-electron chi connectivity index (χ0n) is 18.0. The van der Waals surface area contributed by atoms with Crippen LogP contribution in [-0.2, 0) is 19.3 Å². The minimum atomic E-state index is 0.239. The maximum atomic E-state index is 10.2. The second-order valence-corrected chi connectivity index (χ2v) is 8.23. The molecule has 4 rings (SSSR count). The molecule has 0 saturated heterocycles. The van der Waals surface area contributed by atoms with Gasteiger partial charge in [0.2, 0.25) is 0 Å². The second kappa shape index (κ2) is 10.1. The molecule has 160 valence electrons. The number of aromatic nitrogens is 1. The molecule has 0 amide bonds. The van der Waals surface area contributed by atoms with Gasteiger partial charge in [-0.05, 0) is 73.1 Å². The predicted molar refractivity (Wildman–Crippen MR) is 123 cm³/mol. The van der Waals surface area contributed by atoms with E-state index in [9.17, 15) is 10.4 Å². The predicted octanol–water partition coefficient (Wildman–Crippen LogP) is 4.70. The van der Waals surface area contributed by atoms with Crippen molar-refractivity contribution in [3.8, 4) is 17.9 Å². The van der Waals surface area contributed by atoms with Gasteiger partial charge in [0, 0.05) is 24.8 Å². The van der Waals surface area contributed by atoms with Gasteiger partial charge in [0.05, 0.1) is 11.6 Å². The highest BCUT2D eigenvalue weighted by atomic mass is 16.3. The Balaban J connectivity index is 1.56. The van der Waals surface area contributed by atoms with Gasteiger partial charge in [0.15, 0.2) is 0 Å². The highest BCUT2D eigenvalue weighted by molar-refractivity contribution is 5.35. The zero-order chi connectivity index (χ0) is 22.3. The van der Waals surface area contributed by atoms with Crippen molar-refractivity contribution in [2.75, 3.05) is 13.1 Å². The normalized spacial score (nSPS) is 15.0.